The summed E-state index contributed by atoms with van der Waals surface area (Å²) in [6.45, 7) is 0.583. The Morgan fingerprint density at radius 3 is 2.56 bits per heavy atom. The second kappa shape index (κ2) is 7.10. The first kappa shape index (κ1) is 17.6. The molecule has 0 radical (unpaired) electrons. The molecular formula is C21H19F3N2O. The lowest BCUT2D eigenvalue weighted by Gasteiger charge is -2.15. The van der Waals surface area contributed by atoms with Crippen LogP contribution in [0.3, 0.4) is 0 Å². The molecule has 1 fully saturated rings. The lowest BCUT2D eigenvalue weighted by molar-refractivity contribution is -0.130. The van der Waals surface area contributed by atoms with Crippen LogP contribution in [0.4, 0.5) is 13.2 Å². The second-order valence-corrected chi connectivity index (χ2v) is 6.90. The molecule has 1 N–H and O–H groups in total. The number of hydrogen-bond donors (Lipinski definition) is 1. The molecular weight excluding hydrogens is 353 g/mol. The number of alkyl halides is 1. The number of aryl methyl sites for hydroxylation is 1. The highest BCUT2D eigenvalue weighted by molar-refractivity contribution is 5.91. The van der Waals surface area contributed by atoms with E-state index in [1.165, 1.54) is 29.2 Å². The third-order valence-corrected chi connectivity index (χ3v) is 5.07. The van der Waals surface area contributed by atoms with Gasteiger partial charge in [0.15, 0.2) is 0 Å². The zero-order valence-electron chi connectivity index (χ0n) is 14.6. The van der Waals surface area contributed by atoms with Gasteiger partial charge in [0.25, 0.3) is 0 Å². The number of H-pyrrole nitrogens is 1. The summed E-state index contributed by atoms with van der Waals surface area (Å²) in [7, 11) is 0. The predicted molar refractivity (Wildman–Crippen MR) is 98.1 cm³/mol. The Balaban J connectivity index is 1.67. The molecule has 0 spiro atoms. The molecule has 1 aliphatic heterocycles. The Morgan fingerprint density at radius 1 is 1.11 bits per heavy atom. The molecule has 1 saturated heterocycles. The van der Waals surface area contributed by atoms with Gasteiger partial charge in [-0.25, -0.2) is 13.2 Å². The Kier molecular flexibility index (Phi) is 4.64. The molecule has 3 aromatic rings. The molecule has 4 rings (SSSR count). The summed E-state index contributed by atoms with van der Waals surface area (Å²) in [6.07, 6.45) is 0.0310. The summed E-state index contributed by atoms with van der Waals surface area (Å²) in [6, 6.07) is 10.5. The third kappa shape index (κ3) is 3.56. The van der Waals surface area contributed by atoms with Crippen molar-refractivity contribution < 1.29 is 18.0 Å². The van der Waals surface area contributed by atoms with Crippen LogP contribution in [0, 0.1) is 11.6 Å². The van der Waals surface area contributed by atoms with Crippen molar-refractivity contribution in [2.45, 2.75) is 25.4 Å². The summed E-state index contributed by atoms with van der Waals surface area (Å²) in [5, 5.41) is 0.701. The normalized spacial score (nSPS) is 17.0. The number of aromatic nitrogens is 1. The van der Waals surface area contributed by atoms with Crippen molar-refractivity contribution in [3.05, 3.63) is 59.7 Å². The fourth-order valence-electron chi connectivity index (χ4n) is 3.68. The van der Waals surface area contributed by atoms with Crippen LogP contribution in [0.15, 0.2) is 42.5 Å². The first-order chi connectivity index (χ1) is 13.0. The van der Waals surface area contributed by atoms with Crippen LogP contribution in [-0.2, 0) is 11.2 Å². The average molecular weight is 372 g/mol. The van der Waals surface area contributed by atoms with E-state index >= 15 is 0 Å². The zero-order valence-corrected chi connectivity index (χ0v) is 14.6. The van der Waals surface area contributed by atoms with Crippen LogP contribution in [0.2, 0.25) is 0 Å². The van der Waals surface area contributed by atoms with Crippen molar-refractivity contribution in [2.24, 2.45) is 0 Å². The van der Waals surface area contributed by atoms with Crippen LogP contribution in [0.25, 0.3) is 22.2 Å². The molecule has 2 aromatic carbocycles. The largest absolute Gasteiger partial charge is 0.354 e. The Morgan fingerprint density at radius 2 is 1.85 bits per heavy atom. The van der Waals surface area contributed by atoms with Crippen molar-refractivity contribution in [2.75, 3.05) is 13.1 Å². The van der Waals surface area contributed by atoms with Gasteiger partial charge in [-0.05, 0) is 66.4 Å². The average Bonchev–Trinajstić information content (AvgIpc) is 3.24. The van der Waals surface area contributed by atoms with E-state index in [1.807, 2.05) is 0 Å². The number of carbonyl (C=O) groups excluding carboxylic acids is 1. The minimum atomic E-state index is -0.953. The maximum absolute atomic E-state index is 13.8. The number of nitrogens with one attached hydrogen (secondary N) is 1. The van der Waals surface area contributed by atoms with Gasteiger partial charge >= 0.3 is 0 Å². The van der Waals surface area contributed by atoms with Crippen molar-refractivity contribution in [1.29, 1.82) is 0 Å². The number of fused-ring (bicyclic) bond motifs is 1. The molecule has 140 valence electrons. The van der Waals surface area contributed by atoms with Gasteiger partial charge in [0.05, 0.1) is 6.54 Å². The van der Waals surface area contributed by atoms with Crippen molar-refractivity contribution >= 4 is 16.8 Å². The highest BCUT2D eigenvalue weighted by Crippen LogP contribution is 2.32. The summed E-state index contributed by atoms with van der Waals surface area (Å²) in [5.41, 5.74) is 3.07. The second-order valence-electron chi connectivity index (χ2n) is 6.90. The van der Waals surface area contributed by atoms with E-state index in [-0.39, 0.29) is 30.5 Å². The van der Waals surface area contributed by atoms with Gasteiger partial charge < -0.3 is 9.88 Å². The first-order valence-electron chi connectivity index (χ1n) is 8.99. The lowest BCUT2D eigenvalue weighted by Crippen LogP contribution is -2.29. The minimum Gasteiger partial charge on any atom is -0.354 e. The smallest absolute Gasteiger partial charge is 0.223 e. The van der Waals surface area contributed by atoms with Crippen LogP contribution in [-0.4, -0.2) is 35.1 Å². The zero-order chi connectivity index (χ0) is 19.0. The summed E-state index contributed by atoms with van der Waals surface area (Å²) in [4.78, 5) is 17.2. The van der Waals surface area contributed by atoms with E-state index in [4.69, 9.17) is 0 Å². The number of benzene rings is 2. The molecule has 0 aliphatic carbocycles. The Bertz CT molecular complexity index is 981. The standard InChI is InChI=1S/C21H19F3N2O/c22-14-3-1-13(2-4-14)21-17(18-11-15(23)5-7-19(18)25-21)6-8-20(27)26-10-9-16(24)12-26/h1-5,7,11,16,25H,6,8-10,12H2. The van der Waals surface area contributed by atoms with E-state index in [2.05, 4.69) is 4.98 Å². The van der Waals surface area contributed by atoms with Gasteiger partial charge in [-0.3, -0.25) is 4.79 Å². The highest BCUT2D eigenvalue weighted by Gasteiger charge is 2.26. The number of likely N-dealkylation sites (tertiary alicyclic amines) is 1. The molecule has 1 amide bonds. The van der Waals surface area contributed by atoms with Crippen LogP contribution in [0.5, 0.6) is 0 Å². The van der Waals surface area contributed by atoms with Gasteiger partial charge in [0.2, 0.25) is 5.91 Å². The SMILES string of the molecule is O=C(CCc1c(-c2ccc(F)cc2)[nH]c2ccc(F)cc12)N1CCC(F)C1. The molecule has 6 heteroatoms. The number of carbonyl (C=O) groups is 1. The topological polar surface area (TPSA) is 36.1 Å². The quantitative estimate of drug-likeness (QED) is 0.713. The molecule has 1 unspecified atom stereocenters. The lowest BCUT2D eigenvalue weighted by atomic mass is 10.0. The van der Waals surface area contributed by atoms with E-state index in [0.717, 1.165) is 22.3 Å². The number of hydrogen-bond acceptors (Lipinski definition) is 1. The van der Waals surface area contributed by atoms with Gasteiger partial charge in [-0.1, -0.05) is 0 Å². The molecule has 0 bridgehead atoms. The van der Waals surface area contributed by atoms with Crippen LogP contribution < -0.4 is 0 Å². The number of halogens is 3. The van der Waals surface area contributed by atoms with Gasteiger partial charge in [0.1, 0.15) is 17.8 Å². The van der Waals surface area contributed by atoms with Crippen molar-refractivity contribution in [3.8, 4) is 11.3 Å². The molecule has 3 nitrogen and oxygen atoms in total. The van der Waals surface area contributed by atoms with Crippen molar-refractivity contribution in [3.63, 3.8) is 0 Å². The summed E-state index contributed by atoms with van der Waals surface area (Å²) >= 11 is 0. The number of amides is 1. The molecule has 27 heavy (non-hydrogen) atoms. The minimum absolute atomic E-state index is 0.106. The molecule has 1 aromatic heterocycles. The van der Waals surface area contributed by atoms with Gasteiger partial charge in [-0.2, -0.15) is 0 Å². The summed E-state index contributed by atoms with van der Waals surface area (Å²) < 4.78 is 40.4. The fourth-order valence-corrected chi connectivity index (χ4v) is 3.68. The number of nitrogens with zero attached hydrogens (tertiary/aromatic N) is 1. The maximum atomic E-state index is 13.8. The highest BCUT2D eigenvalue weighted by atomic mass is 19.1. The Labute approximate surface area is 154 Å². The first-order valence-corrected chi connectivity index (χ1v) is 8.99. The molecule has 1 aliphatic rings. The van der Waals surface area contributed by atoms with Gasteiger partial charge in [0, 0.05) is 29.6 Å². The number of rotatable bonds is 4. The van der Waals surface area contributed by atoms with Crippen LogP contribution >= 0.6 is 0 Å². The molecule has 2 heterocycles. The Hall–Kier alpha value is -2.76. The third-order valence-electron chi connectivity index (χ3n) is 5.07. The van der Waals surface area contributed by atoms with E-state index in [9.17, 15) is 18.0 Å². The molecule has 1 atom stereocenters. The van der Waals surface area contributed by atoms with E-state index in [0.29, 0.717) is 24.8 Å². The maximum Gasteiger partial charge on any atom is 0.223 e. The van der Waals surface area contributed by atoms with Crippen molar-refractivity contribution in [1.82, 2.24) is 9.88 Å². The fraction of sp³-hybridized carbons (Fsp3) is 0.286. The monoisotopic (exact) mass is 372 g/mol. The van der Waals surface area contributed by atoms with E-state index < -0.39 is 6.17 Å². The summed E-state index contributed by atoms with van der Waals surface area (Å²) in [5.74, 6) is -0.807. The van der Waals surface area contributed by atoms with E-state index in [1.54, 1.807) is 18.2 Å². The van der Waals surface area contributed by atoms with Gasteiger partial charge in [-0.15, -0.1) is 0 Å². The number of aromatic amines is 1. The van der Waals surface area contributed by atoms with Crippen LogP contribution in [0.1, 0.15) is 18.4 Å². The molecule has 0 saturated carbocycles. The predicted octanol–water partition coefficient (Wildman–Crippen LogP) is 4.62.